The summed E-state index contributed by atoms with van der Waals surface area (Å²) in [7, 11) is 3.57. The predicted octanol–water partition coefficient (Wildman–Crippen LogP) is 4.14. The van der Waals surface area contributed by atoms with Crippen LogP contribution in [-0.2, 0) is 6.54 Å². The number of aromatic hydroxyl groups is 1. The Morgan fingerprint density at radius 3 is 2.59 bits per heavy atom. The first-order valence-corrected chi connectivity index (χ1v) is 10.9. The van der Waals surface area contributed by atoms with Gasteiger partial charge in [0.25, 0.3) is 0 Å². The minimum Gasteiger partial charge on any atom is -0.508 e. The van der Waals surface area contributed by atoms with Crippen molar-refractivity contribution in [3.63, 3.8) is 0 Å². The summed E-state index contributed by atoms with van der Waals surface area (Å²) in [4.78, 5) is 21.6. The largest absolute Gasteiger partial charge is 0.508 e. The number of likely N-dealkylation sites (tertiary alicyclic amines) is 1. The lowest BCUT2D eigenvalue weighted by atomic mass is 10.0. The first-order valence-electron chi connectivity index (χ1n) is 10.9. The third kappa shape index (κ3) is 4.94. The van der Waals surface area contributed by atoms with Gasteiger partial charge in [-0.1, -0.05) is 6.07 Å². The molecule has 1 saturated heterocycles. The molecule has 0 unspecified atom stereocenters. The van der Waals surface area contributed by atoms with E-state index in [9.17, 15) is 9.90 Å². The summed E-state index contributed by atoms with van der Waals surface area (Å²) >= 11 is 0. The molecule has 1 N–H and O–H groups in total. The summed E-state index contributed by atoms with van der Waals surface area (Å²) in [6, 6.07) is 13.3. The van der Waals surface area contributed by atoms with Crippen LogP contribution < -0.4 is 4.74 Å². The van der Waals surface area contributed by atoms with E-state index in [0.29, 0.717) is 5.69 Å². The molecule has 7 nitrogen and oxygen atoms in total. The van der Waals surface area contributed by atoms with Gasteiger partial charge in [-0.05, 0) is 67.3 Å². The van der Waals surface area contributed by atoms with E-state index in [4.69, 9.17) is 4.74 Å². The number of carbonyl (C=O) groups excluding carboxylic acids is 1. The maximum Gasteiger partial charge on any atom is 0.329 e. The number of phenolic OH excluding ortho intramolecular Hbond substituents is 1. The zero-order valence-corrected chi connectivity index (χ0v) is 18.9. The van der Waals surface area contributed by atoms with Crippen LogP contribution in [0, 0.1) is 6.92 Å². The highest BCUT2D eigenvalue weighted by Gasteiger charge is 2.26. The standard InChI is InChI=1S/C25H30N4O3/c1-18-12-19(14-23(13-18)32-3)15-28-10-8-21(9-11-28)27(2)25(31)29-16-24(26-17-29)20-4-6-22(30)7-5-20/h4-7,12-14,16-17,21,30H,8-11,15H2,1-3H3. The topological polar surface area (TPSA) is 70.8 Å². The summed E-state index contributed by atoms with van der Waals surface area (Å²) in [6.45, 7) is 4.87. The summed E-state index contributed by atoms with van der Waals surface area (Å²) in [6.07, 6.45) is 5.17. The van der Waals surface area contributed by atoms with Crippen LogP contribution in [0.2, 0.25) is 0 Å². The maximum absolute atomic E-state index is 13.0. The fraction of sp³-hybridized carbons (Fsp3) is 0.360. The van der Waals surface area contributed by atoms with E-state index in [-0.39, 0.29) is 17.8 Å². The van der Waals surface area contributed by atoms with Crippen LogP contribution in [0.5, 0.6) is 11.5 Å². The van der Waals surface area contributed by atoms with E-state index < -0.39 is 0 Å². The number of benzene rings is 2. The zero-order valence-electron chi connectivity index (χ0n) is 18.9. The number of hydrogen-bond acceptors (Lipinski definition) is 5. The van der Waals surface area contributed by atoms with Crippen LogP contribution in [0.4, 0.5) is 4.79 Å². The summed E-state index contributed by atoms with van der Waals surface area (Å²) in [5, 5.41) is 9.46. The van der Waals surface area contributed by atoms with E-state index in [1.54, 1.807) is 43.9 Å². The van der Waals surface area contributed by atoms with Crippen molar-refractivity contribution in [3.8, 4) is 22.8 Å². The third-order valence-corrected chi connectivity index (χ3v) is 6.13. The number of carbonyl (C=O) groups is 1. The highest BCUT2D eigenvalue weighted by Crippen LogP contribution is 2.23. The molecule has 1 aromatic heterocycles. The number of rotatable bonds is 5. The predicted molar refractivity (Wildman–Crippen MR) is 124 cm³/mol. The van der Waals surface area contributed by atoms with E-state index in [2.05, 4.69) is 28.9 Å². The second-order valence-electron chi connectivity index (χ2n) is 8.47. The van der Waals surface area contributed by atoms with Crippen molar-refractivity contribution >= 4 is 6.03 Å². The van der Waals surface area contributed by atoms with E-state index in [1.807, 2.05) is 18.0 Å². The molecule has 0 spiro atoms. The number of nitrogens with zero attached hydrogens (tertiary/aromatic N) is 4. The SMILES string of the molecule is COc1cc(C)cc(CN2CCC(N(C)C(=O)n3cnc(-c4ccc(O)cc4)c3)CC2)c1. The van der Waals surface area contributed by atoms with Crippen LogP contribution in [0.1, 0.15) is 24.0 Å². The number of aryl methyl sites for hydroxylation is 1. The number of phenols is 1. The van der Waals surface area contributed by atoms with Crippen molar-refractivity contribution in [3.05, 3.63) is 66.1 Å². The fourth-order valence-electron chi connectivity index (χ4n) is 4.30. The van der Waals surface area contributed by atoms with Gasteiger partial charge in [0.1, 0.15) is 17.8 Å². The molecule has 0 bridgehead atoms. The lowest BCUT2D eigenvalue weighted by Gasteiger charge is -2.36. The van der Waals surface area contributed by atoms with Crippen molar-refractivity contribution in [1.82, 2.24) is 19.4 Å². The quantitative estimate of drug-likeness (QED) is 0.654. The summed E-state index contributed by atoms with van der Waals surface area (Å²) in [5.74, 6) is 1.10. The molecule has 0 aliphatic carbocycles. The molecule has 3 aromatic rings. The number of methoxy groups -OCH3 is 1. The Labute approximate surface area is 188 Å². The van der Waals surface area contributed by atoms with Crippen molar-refractivity contribution in [2.24, 2.45) is 0 Å². The normalized spacial score (nSPS) is 15.0. The first kappa shape index (κ1) is 21.9. The summed E-state index contributed by atoms with van der Waals surface area (Å²) < 4.78 is 6.93. The molecule has 0 saturated carbocycles. The summed E-state index contributed by atoms with van der Waals surface area (Å²) in [5.41, 5.74) is 4.02. The number of aromatic nitrogens is 2. The maximum atomic E-state index is 13.0. The van der Waals surface area contributed by atoms with Gasteiger partial charge in [0, 0.05) is 44.5 Å². The molecule has 7 heteroatoms. The number of amides is 1. The highest BCUT2D eigenvalue weighted by atomic mass is 16.5. The van der Waals surface area contributed by atoms with Gasteiger partial charge in [-0.2, -0.15) is 0 Å². The average Bonchev–Trinajstić information content (AvgIpc) is 3.29. The zero-order chi connectivity index (χ0) is 22.7. The van der Waals surface area contributed by atoms with Crippen molar-refractivity contribution in [1.29, 1.82) is 0 Å². The Hall–Kier alpha value is -3.32. The number of hydrogen-bond donors (Lipinski definition) is 1. The van der Waals surface area contributed by atoms with Gasteiger partial charge in [0.05, 0.1) is 12.8 Å². The molecule has 2 heterocycles. The molecule has 4 rings (SSSR count). The monoisotopic (exact) mass is 434 g/mol. The molecule has 0 atom stereocenters. The van der Waals surface area contributed by atoms with Crippen LogP contribution in [0.3, 0.4) is 0 Å². The molecule has 1 fully saturated rings. The Bertz CT molecular complexity index is 1070. The van der Waals surface area contributed by atoms with E-state index in [0.717, 1.165) is 43.8 Å². The first-order chi connectivity index (χ1) is 15.4. The smallest absolute Gasteiger partial charge is 0.329 e. The van der Waals surface area contributed by atoms with Gasteiger partial charge in [0.2, 0.25) is 0 Å². The molecular formula is C25H30N4O3. The van der Waals surface area contributed by atoms with Crippen molar-refractivity contribution < 1.29 is 14.6 Å². The number of piperidine rings is 1. The second-order valence-corrected chi connectivity index (χ2v) is 8.47. The van der Waals surface area contributed by atoms with E-state index in [1.165, 1.54) is 15.7 Å². The Kier molecular flexibility index (Phi) is 6.46. The van der Waals surface area contributed by atoms with Gasteiger partial charge in [-0.3, -0.25) is 9.47 Å². The van der Waals surface area contributed by atoms with Gasteiger partial charge in [0.15, 0.2) is 0 Å². The van der Waals surface area contributed by atoms with Gasteiger partial charge < -0.3 is 14.7 Å². The van der Waals surface area contributed by atoms with Crippen LogP contribution in [0.15, 0.2) is 55.0 Å². The molecule has 1 aliphatic rings. The Morgan fingerprint density at radius 1 is 1.19 bits per heavy atom. The van der Waals surface area contributed by atoms with Gasteiger partial charge in [-0.15, -0.1) is 0 Å². The number of ether oxygens (including phenoxy) is 1. The molecule has 168 valence electrons. The van der Waals surface area contributed by atoms with E-state index >= 15 is 0 Å². The van der Waals surface area contributed by atoms with Gasteiger partial charge in [-0.25, -0.2) is 9.78 Å². The molecule has 32 heavy (non-hydrogen) atoms. The third-order valence-electron chi connectivity index (χ3n) is 6.13. The van der Waals surface area contributed by atoms with Crippen molar-refractivity contribution in [2.75, 3.05) is 27.2 Å². The number of imidazole rings is 1. The molecular weight excluding hydrogens is 404 g/mol. The lowest BCUT2D eigenvalue weighted by molar-refractivity contribution is 0.132. The molecule has 0 radical (unpaired) electrons. The molecule has 2 aromatic carbocycles. The Balaban J connectivity index is 1.34. The minimum absolute atomic E-state index is 0.0793. The van der Waals surface area contributed by atoms with Gasteiger partial charge >= 0.3 is 6.03 Å². The van der Waals surface area contributed by atoms with Crippen LogP contribution >= 0.6 is 0 Å². The fourth-order valence-corrected chi connectivity index (χ4v) is 4.30. The Morgan fingerprint density at radius 2 is 1.91 bits per heavy atom. The average molecular weight is 435 g/mol. The van der Waals surface area contributed by atoms with Crippen molar-refractivity contribution in [2.45, 2.75) is 32.4 Å². The highest BCUT2D eigenvalue weighted by molar-refractivity contribution is 5.78. The lowest BCUT2D eigenvalue weighted by Crippen LogP contribution is -2.46. The molecule has 1 amide bonds. The van der Waals surface area contributed by atoms with Crippen LogP contribution in [-0.4, -0.2) is 63.8 Å². The molecule has 1 aliphatic heterocycles. The minimum atomic E-state index is -0.0793. The second kappa shape index (κ2) is 9.44. The van der Waals surface area contributed by atoms with Crippen LogP contribution in [0.25, 0.3) is 11.3 Å².